The molecule has 0 spiro atoms. The maximum atomic E-state index is 14.6. The monoisotopic (exact) mass is 457 g/mol. The molecule has 174 valence electrons. The lowest BCUT2D eigenvalue weighted by molar-refractivity contribution is -0.134. The lowest BCUT2D eigenvalue weighted by Gasteiger charge is -2.29. The SMILES string of the molecule is O=C1CN(C(=O)NCc2ccc(Nc3cc(F)c(N4CCCCC4)c(F)c3)cc2)CC(=O)N1. The van der Waals surface area contributed by atoms with Gasteiger partial charge in [-0.3, -0.25) is 14.9 Å². The van der Waals surface area contributed by atoms with Gasteiger partial charge >= 0.3 is 6.03 Å². The summed E-state index contributed by atoms with van der Waals surface area (Å²) in [7, 11) is 0. The second-order valence-corrected chi connectivity index (χ2v) is 8.14. The van der Waals surface area contributed by atoms with Crippen LogP contribution in [0.2, 0.25) is 0 Å². The van der Waals surface area contributed by atoms with Gasteiger partial charge in [-0.25, -0.2) is 13.6 Å². The summed E-state index contributed by atoms with van der Waals surface area (Å²) in [5.41, 5.74) is 1.74. The standard InChI is InChI=1S/C23H25F2N5O3/c24-18-10-17(11-19(25)22(18)29-8-2-1-3-9-29)27-16-6-4-15(5-7-16)12-26-23(33)30-13-20(31)28-21(32)14-30/h4-7,10-11,27H,1-3,8-9,12-14H2,(H,26,33)(H,28,31,32). The quantitative estimate of drug-likeness (QED) is 0.601. The number of rotatable bonds is 5. The number of benzene rings is 2. The van der Waals surface area contributed by atoms with Gasteiger partial charge in [0.15, 0.2) is 11.6 Å². The molecule has 33 heavy (non-hydrogen) atoms. The van der Waals surface area contributed by atoms with Crippen molar-refractivity contribution in [2.45, 2.75) is 25.8 Å². The number of imide groups is 1. The number of hydrogen-bond donors (Lipinski definition) is 3. The van der Waals surface area contributed by atoms with Crippen LogP contribution in [-0.4, -0.2) is 48.9 Å². The molecule has 8 nitrogen and oxygen atoms in total. The summed E-state index contributed by atoms with van der Waals surface area (Å²) in [6.45, 7) is 1.15. The van der Waals surface area contributed by atoms with Crippen molar-refractivity contribution in [1.29, 1.82) is 0 Å². The number of nitrogens with zero attached hydrogens (tertiary/aromatic N) is 2. The van der Waals surface area contributed by atoms with E-state index >= 15 is 0 Å². The number of nitrogens with one attached hydrogen (secondary N) is 3. The molecule has 2 aromatic rings. The normalized spacial score (nSPS) is 16.4. The van der Waals surface area contributed by atoms with Crippen molar-refractivity contribution >= 4 is 34.9 Å². The molecule has 3 N–H and O–H groups in total. The van der Waals surface area contributed by atoms with E-state index in [0.717, 1.165) is 29.7 Å². The number of piperidine rings is 1. The Hall–Kier alpha value is -3.69. The molecule has 10 heteroatoms. The molecule has 4 rings (SSSR count). The number of amides is 4. The lowest BCUT2D eigenvalue weighted by Crippen LogP contribution is -2.55. The summed E-state index contributed by atoms with van der Waals surface area (Å²) in [5.74, 6) is -2.23. The number of halogens is 2. The first-order chi connectivity index (χ1) is 15.9. The van der Waals surface area contributed by atoms with Crippen molar-refractivity contribution in [2.24, 2.45) is 0 Å². The summed E-state index contributed by atoms with van der Waals surface area (Å²) in [5, 5.41) is 7.79. The third-order valence-corrected chi connectivity index (χ3v) is 5.61. The maximum Gasteiger partial charge on any atom is 0.318 e. The smallest absolute Gasteiger partial charge is 0.318 e. The van der Waals surface area contributed by atoms with E-state index in [4.69, 9.17) is 0 Å². The Kier molecular flexibility index (Phi) is 6.71. The summed E-state index contributed by atoms with van der Waals surface area (Å²) < 4.78 is 29.3. The van der Waals surface area contributed by atoms with Gasteiger partial charge in [-0.15, -0.1) is 0 Å². The Balaban J connectivity index is 1.34. The zero-order valence-electron chi connectivity index (χ0n) is 18.0. The van der Waals surface area contributed by atoms with E-state index < -0.39 is 29.5 Å². The minimum absolute atomic E-state index is 0.0271. The molecule has 4 amide bonds. The minimum Gasteiger partial charge on any atom is -0.367 e. The van der Waals surface area contributed by atoms with Crippen LogP contribution >= 0.6 is 0 Å². The molecule has 0 unspecified atom stereocenters. The topological polar surface area (TPSA) is 93.8 Å². The van der Waals surface area contributed by atoms with Gasteiger partial charge in [0.25, 0.3) is 0 Å². The van der Waals surface area contributed by atoms with E-state index in [2.05, 4.69) is 16.0 Å². The van der Waals surface area contributed by atoms with Gasteiger partial charge in [-0.1, -0.05) is 12.1 Å². The molecule has 0 aliphatic carbocycles. The van der Waals surface area contributed by atoms with Crippen molar-refractivity contribution in [2.75, 3.05) is 36.4 Å². The fourth-order valence-electron chi connectivity index (χ4n) is 4.00. The largest absolute Gasteiger partial charge is 0.367 e. The van der Waals surface area contributed by atoms with Gasteiger partial charge in [0.1, 0.15) is 18.8 Å². The Morgan fingerprint density at radius 3 is 2.12 bits per heavy atom. The van der Waals surface area contributed by atoms with Crippen LogP contribution in [0.4, 0.5) is 30.6 Å². The lowest BCUT2D eigenvalue weighted by atomic mass is 10.1. The highest BCUT2D eigenvalue weighted by molar-refractivity contribution is 6.02. The van der Waals surface area contributed by atoms with Crippen LogP contribution in [0.1, 0.15) is 24.8 Å². The van der Waals surface area contributed by atoms with Crippen molar-refractivity contribution in [3.05, 3.63) is 53.6 Å². The maximum absolute atomic E-state index is 14.6. The van der Waals surface area contributed by atoms with Crippen LogP contribution in [-0.2, 0) is 16.1 Å². The molecular weight excluding hydrogens is 432 g/mol. The fourth-order valence-corrected chi connectivity index (χ4v) is 4.00. The van der Waals surface area contributed by atoms with Crippen LogP contribution in [0.5, 0.6) is 0 Å². The Bertz CT molecular complexity index is 1020. The Morgan fingerprint density at radius 1 is 0.909 bits per heavy atom. The first-order valence-electron chi connectivity index (χ1n) is 10.8. The molecule has 2 saturated heterocycles. The summed E-state index contributed by atoms with van der Waals surface area (Å²) in [4.78, 5) is 37.8. The van der Waals surface area contributed by atoms with Gasteiger partial charge in [0.05, 0.1) is 0 Å². The van der Waals surface area contributed by atoms with Crippen LogP contribution in [0.3, 0.4) is 0 Å². The molecule has 2 aliphatic rings. The summed E-state index contributed by atoms with van der Waals surface area (Å²) >= 11 is 0. The molecular formula is C23H25F2N5O3. The van der Waals surface area contributed by atoms with Crippen LogP contribution in [0, 0.1) is 11.6 Å². The number of carbonyl (C=O) groups is 3. The van der Waals surface area contributed by atoms with Crippen LogP contribution in [0.15, 0.2) is 36.4 Å². The zero-order chi connectivity index (χ0) is 23.4. The van der Waals surface area contributed by atoms with E-state index in [1.54, 1.807) is 29.2 Å². The van der Waals surface area contributed by atoms with Crippen molar-refractivity contribution in [3.63, 3.8) is 0 Å². The predicted molar refractivity (Wildman–Crippen MR) is 119 cm³/mol. The number of hydrogen-bond acceptors (Lipinski definition) is 5. The number of anilines is 3. The molecule has 0 atom stereocenters. The average molecular weight is 457 g/mol. The zero-order valence-corrected chi connectivity index (χ0v) is 18.0. The van der Waals surface area contributed by atoms with Crippen LogP contribution < -0.4 is 20.9 Å². The third-order valence-electron chi connectivity index (χ3n) is 5.61. The highest BCUT2D eigenvalue weighted by Gasteiger charge is 2.26. The van der Waals surface area contributed by atoms with E-state index in [9.17, 15) is 23.2 Å². The van der Waals surface area contributed by atoms with Crippen molar-refractivity contribution < 1.29 is 23.2 Å². The molecule has 2 heterocycles. The van der Waals surface area contributed by atoms with Crippen molar-refractivity contribution in [1.82, 2.24) is 15.5 Å². The number of piperazine rings is 1. The highest BCUT2D eigenvalue weighted by atomic mass is 19.1. The first kappa shape index (κ1) is 22.5. The first-order valence-corrected chi connectivity index (χ1v) is 10.8. The molecule has 0 bridgehead atoms. The number of urea groups is 1. The van der Waals surface area contributed by atoms with Gasteiger partial charge < -0.3 is 20.4 Å². The minimum atomic E-state index is -0.594. The van der Waals surface area contributed by atoms with E-state index in [-0.39, 0.29) is 25.3 Å². The molecule has 0 saturated carbocycles. The highest BCUT2D eigenvalue weighted by Crippen LogP contribution is 2.30. The molecule has 2 aliphatic heterocycles. The Morgan fingerprint density at radius 2 is 1.52 bits per heavy atom. The van der Waals surface area contributed by atoms with Crippen LogP contribution in [0.25, 0.3) is 0 Å². The molecule has 0 radical (unpaired) electrons. The predicted octanol–water partition coefficient (Wildman–Crippen LogP) is 2.87. The molecule has 2 fully saturated rings. The second kappa shape index (κ2) is 9.85. The number of carbonyl (C=O) groups excluding carboxylic acids is 3. The fraction of sp³-hybridized carbons (Fsp3) is 0.348. The third kappa shape index (κ3) is 5.57. The Labute approximate surface area is 189 Å². The summed E-state index contributed by atoms with van der Waals surface area (Å²) in [6, 6.07) is 9.03. The molecule has 2 aromatic carbocycles. The van der Waals surface area contributed by atoms with Gasteiger partial charge in [-0.05, 0) is 49.1 Å². The van der Waals surface area contributed by atoms with Crippen molar-refractivity contribution in [3.8, 4) is 0 Å². The summed E-state index contributed by atoms with van der Waals surface area (Å²) in [6.07, 6.45) is 2.93. The van der Waals surface area contributed by atoms with E-state index in [1.165, 1.54) is 12.1 Å². The molecule has 0 aromatic heterocycles. The van der Waals surface area contributed by atoms with Gasteiger partial charge in [0.2, 0.25) is 11.8 Å². The van der Waals surface area contributed by atoms with E-state index in [0.29, 0.717) is 24.5 Å². The second-order valence-electron chi connectivity index (χ2n) is 8.14. The van der Waals surface area contributed by atoms with Gasteiger partial charge in [0, 0.05) is 31.0 Å². The van der Waals surface area contributed by atoms with Gasteiger partial charge in [-0.2, -0.15) is 0 Å². The average Bonchev–Trinajstić information content (AvgIpc) is 2.78. The van der Waals surface area contributed by atoms with E-state index in [1.807, 2.05) is 0 Å².